The van der Waals surface area contributed by atoms with E-state index in [9.17, 15) is 4.79 Å². The van der Waals surface area contributed by atoms with Crippen molar-refractivity contribution in [1.29, 1.82) is 0 Å². The molecule has 0 unspecified atom stereocenters. The van der Waals surface area contributed by atoms with Gasteiger partial charge in [-0.05, 0) is 35.0 Å². The largest absolute Gasteiger partial charge is 0.493 e. The van der Waals surface area contributed by atoms with Crippen LogP contribution in [-0.2, 0) is 0 Å². The molecule has 0 atom stereocenters. The van der Waals surface area contributed by atoms with Crippen LogP contribution in [0.25, 0.3) is 0 Å². The summed E-state index contributed by atoms with van der Waals surface area (Å²) in [6.45, 7) is 2.50. The van der Waals surface area contributed by atoms with Gasteiger partial charge in [-0.3, -0.25) is 4.79 Å². The summed E-state index contributed by atoms with van der Waals surface area (Å²) in [7, 11) is 0. The van der Waals surface area contributed by atoms with Gasteiger partial charge in [0.1, 0.15) is 12.0 Å². The molecule has 0 aliphatic heterocycles. The first-order chi connectivity index (χ1) is 5.77. The molecule has 0 aliphatic rings. The van der Waals surface area contributed by atoms with Gasteiger partial charge in [0, 0.05) is 5.56 Å². The predicted molar refractivity (Wildman–Crippen MR) is 50.7 cm³/mol. The molecule has 0 radical (unpaired) electrons. The minimum atomic E-state index is 0.598. The van der Waals surface area contributed by atoms with E-state index in [0.29, 0.717) is 17.9 Å². The van der Waals surface area contributed by atoms with Crippen molar-refractivity contribution in [2.75, 3.05) is 6.61 Å². The van der Waals surface area contributed by atoms with Gasteiger partial charge in [-0.25, -0.2) is 0 Å². The summed E-state index contributed by atoms with van der Waals surface area (Å²) in [6.07, 6.45) is 0.801. The maximum absolute atomic E-state index is 10.4. The standard InChI is InChI=1S/C9H9BrO2/c1-2-12-9-5-7(6-11)3-4-8(9)10/h3-6H,2H2,1H3. The smallest absolute Gasteiger partial charge is 0.150 e. The number of ether oxygens (including phenoxy) is 1. The molecule has 64 valence electrons. The van der Waals surface area contributed by atoms with E-state index in [1.54, 1.807) is 18.2 Å². The molecule has 1 aromatic rings. The minimum Gasteiger partial charge on any atom is -0.493 e. The van der Waals surface area contributed by atoms with E-state index in [-0.39, 0.29) is 0 Å². The summed E-state index contributed by atoms with van der Waals surface area (Å²) in [6, 6.07) is 5.24. The molecule has 12 heavy (non-hydrogen) atoms. The van der Waals surface area contributed by atoms with Gasteiger partial charge in [-0.1, -0.05) is 6.07 Å². The average molecular weight is 229 g/mol. The van der Waals surface area contributed by atoms with Crippen molar-refractivity contribution in [1.82, 2.24) is 0 Å². The second kappa shape index (κ2) is 4.26. The van der Waals surface area contributed by atoms with Gasteiger partial charge in [-0.2, -0.15) is 0 Å². The molecule has 1 rings (SSSR count). The van der Waals surface area contributed by atoms with Crippen molar-refractivity contribution in [3.63, 3.8) is 0 Å². The third kappa shape index (κ3) is 2.08. The molecule has 0 fully saturated rings. The molecule has 0 amide bonds. The van der Waals surface area contributed by atoms with E-state index >= 15 is 0 Å². The van der Waals surface area contributed by atoms with Gasteiger partial charge in [-0.15, -0.1) is 0 Å². The van der Waals surface area contributed by atoms with Crippen LogP contribution >= 0.6 is 15.9 Å². The third-order valence-corrected chi connectivity index (χ3v) is 2.05. The number of hydrogen-bond donors (Lipinski definition) is 0. The van der Waals surface area contributed by atoms with Crippen molar-refractivity contribution < 1.29 is 9.53 Å². The summed E-state index contributed by atoms with van der Waals surface area (Å²) >= 11 is 3.32. The summed E-state index contributed by atoms with van der Waals surface area (Å²) in [5, 5.41) is 0. The van der Waals surface area contributed by atoms with E-state index in [2.05, 4.69) is 15.9 Å². The number of carbonyl (C=O) groups excluding carboxylic acids is 1. The third-order valence-electron chi connectivity index (χ3n) is 1.39. The molecule has 0 bridgehead atoms. The fourth-order valence-corrected chi connectivity index (χ4v) is 1.22. The van der Waals surface area contributed by atoms with Crippen LogP contribution in [0.3, 0.4) is 0 Å². The van der Waals surface area contributed by atoms with Gasteiger partial charge < -0.3 is 4.74 Å². The lowest BCUT2D eigenvalue weighted by atomic mass is 10.2. The van der Waals surface area contributed by atoms with Crippen molar-refractivity contribution in [3.8, 4) is 5.75 Å². The van der Waals surface area contributed by atoms with Gasteiger partial charge in [0.25, 0.3) is 0 Å². The summed E-state index contributed by atoms with van der Waals surface area (Å²) in [5.41, 5.74) is 0.627. The minimum absolute atomic E-state index is 0.598. The second-order valence-corrected chi connectivity index (χ2v) is 3.10. The first-order valence-corrected chi connectivity index (χ1v) is 4.44. The fraction of sp³-hybridized carbons (Fsp3) is 0.222. The van der Waals surface area contributed by atoms with Crippen LogP contribution in [0.4, 0.5) is 0 Å². The molecule has 0 spiro atoms. The Kier molecular flexibility index (Phi) is 3.29. The van der Waals surface area contributed by atoms with Crippen LogP contribution in [0.2, 0.25) is 0 Å². The van der Waals surface area contributed by atoms with Gasteiger partial charge in [0.05, 0.1) is 11.1 Å². The molecule has 1 aromatic carbocycles. The van der Waals surface area contributed by atoms with Crippen molar-refractivity contribution in [2.45, 2.75) is 6.92 Å². The first-order valence-electron chi connectivity index (χ1n) is 3.65. The van der Waals surface area contributed by atoms with Crippen LogP contribution in [0.1, 0.15) is 17.3 Å². The number of hydrogen-bond acceptors (Lipinski definition) is 2. The van der Waals surface area contributed by atoms with E-state index in [0.717, 1.165) is 10.8 Å². The van der Waals surface area contributed by atoms with Crippen LogP contribution in [0.15, 0.2) is 22.7 Å². The van der Waals surface area contributed by atoms with Crippen LogP contribution in [0.5, 0.6) is 5.75 Å². The number of halogens is 1. The van der Waals surface area contributed by atoms with Crippen LogP contribution in [-0.4, -0.2) is 12.9 Å². The highest BCUT2D eigenvalue weighted by molar-refractivity contribution is 9.10. The number of benzene rings is 1. The molecule has 3 heteroatoms. The Morgan fingerprint density at radius 1 is 1.58 bits per heavy atom. The Hall–Kier alpha value is -0.830. The molecule has 0 saturated carbocycles. The fourth-order valence-electron chi connectivity index (χ4n) is 0.859. The molecule has 2 nitrogen and oxygen atoms in total. The van der Waals surface area contributed by atoms with Crippen LogP contribution < -0.4 is 4.74 Å². The molecular formula is C9H9BrO2. The number of carbonyl (C=O) groups is 1. The van der Waals surface area contributed by atoms with Crippen molar-refractivity contribution in [3.05, 3.63) is 28.2 Å². The quantitative estimate of drug-likeness (QED) is 0.744. The zero-order valence-corrected chi connectivity index (χ0v) is 8.30. The lowest BCUT2D eigenvalue weighted by Gasteiger charge is -2.05. The number of rotatable bonds is 3. The normalized spacial score (nSPS) is 9.50. The van der Waals surface area contributed by atoms with Crippen LogP contribution in [0, 0.1) is 0 Å². The van der Waals surface area contributed by atoms with Crippen molar-refractivity contribution >= 4 is 22.2 Å². The highest BCUT2D eigenvalue weighted by atomic mass is 79.9. The zero-order valence-electron chi connectivity index (χ0n) is 6.71. The molecule has 0 aliphatic carbocycles. The Morgan fingerprint density at radius 2 is 2.33 bits per heavy atom. The summed E-state index contributed by atoms with van der Waals surface area (Å²) < 4.78 is 6.14. The second-order valence-electron chi connectivity index (χ2n) is 2.24. The highest BCUT2D eigenvalue weighted by Crippen LogP contribution is 2.25. The molecule has 0 heterocycles. The first kappa shape index (κ1) is 9.26. The lowest BCUT2D eigenvalue weighted by molar-refractivity contribution is 0.112. The SMILES string of the molecule is CCOc1cc(C=O)ccc1Br. The van der Waals surface area contributed by atoms with Gasteiger partial charge in [0.2, 0.25) is 0 Å². The van der Waals surface area contributed by atoms with Gasteiger partial charge in [0.15, 0.2) is 0 Å². The van der Waals surface area contributed by atoms with E-state index < -0.39 is 0 Å². The maximum Gasteiger partial charge on any atom is 0.150 e. The maximum atomic E-state index is 10.4. The van der Waals surface area contributed by atoms with E-state index in [1.165, 1.54) is 0 Å². The van der Waals surface area contributed by atoms with Gasteiger partial charge >= 0.3 is 0 Å². The Bertz CT molecular complexity index is 284. The predicted octanol–water partition coefficient (Wildman–Crippen LogP) is 2.66. The monoisotopic (exact) mass is 228 g/mol. The van der Waals surface area contributed by atoms with Crippen molar-refractivity contribution in [2.24, 2.45) is 0 Å². The Balaban J connectivity index is 2.99. The average Bonchev–Trinajstić information content (AvgIpc) is 2.09. The summed E-state index contributed by atoms with van der Waals surface area (Å²) in [4.78, 5) is 10.4. The zero-order chi connectivity index (χ0) is 8.97. The van der Waals surface area contributed by atoms with E-state index in [1.807, 2.05) is 6.92 Å². The molecule has 0 saturated heterocycles. The lowest BCUT2D eigenvalue weighted by Crippen LogP contribution is -1.93. The summed E-state index contributed by atoms with van der Waals surface area (Å²) in [5.74, 6) is 0.710. The highest BCUT2D eigenvalue weighted by Gasteiger charge is 2.00. The molecular weight excluding hydrogens is 220 g/mol. The molecule has 0 N–H and O–H groups in total. The molecule has 0 aromatic heterocycles. The Labute approximate surface area is 79.7 Å². The van der Waals surface area contributed by atoms with E-state index in [4.69, 9.17) is 4.74 Å². The Morgan fingerprint density at radius 3 is 2.92 bits per heavy atom. The topological polar surface area (TPSA) is 26.3 Å². The number of aldehydes is 1.